The first-order chi connectivity index (χ1) is 14.0. The van der Waals surface area contributed by atoms with Crippen LogP contribution in [0.25, 0.3) is 0 Å². The van der Waals surface area contributed by atoms with Gasteiger partial charge in [-0.3, -0.25) is 9.10 Å². The molecule has 29 heavy (non-hydrogen) atoms. The summed E-state index contributed by atoms with van der Waals surface area (Å²) in [6, 6.07) is 14.4. The first-order valence-electron chi connectivity index (χ1n) is 9.64. The number of carbonyl (C=O) groups excluding carboxylic acids is 1. The van der Waals surface area contributed by atoms with Crippen molar-refractivity contribution in [1.82, 2.24) is 5.43 Å². The molecule has 0 bridgehead atoms. The smallest absolute Gasteiger partial charge is 0.264 e. The van der Waals surface area contributed by atoms with E-state index in [1.165, 1.54) is 37.1 Å². The molecule has 154 valence electrons. The van der Waals surface area contributed by atoms with E-state index in [0.717, 1.165) is 35.7 Å². The SMILES string of the molecule is O=C(CN(c1ccccc1)S(=O)(=O)c1ccc(Cl)cc1)NN=C1CCCCCC1. The number of hydrogen-bond donors (Lipinski definition) is 1. The third-order valence-electron chi connectivity index (χ3n) is 4.75. The normalized spacial score (nSPS) is 14.7. The summed E-state index contributed by atoms with van der Waals surface area (Å²) in [4.78, 5) is 12.6. The minimum atomic E-state index is -3.95. The van der Waals surface area contributed by atoms with E-state index in [9.17, 15) is 13.2 Å². The monoisotopic (exact) mass is 433 g/mol. The molecular formula is C21H24ClN3O3S. The van der Waals surface area contributed by atoms with Gasteiger partial charge in [-0.25, -0.2) is 13.8 Å². The lowest BCUT2D eigenvalue weighted by Gasteiger charge is -2.23. The molecule has 1 aliphatic carbocycles. The number of hydrogen-bond acceptors (Lipinski definition) is 4. The van der Waals surface area contributed by atoms with Crippen LogP contribution in [0.1, 0.15) is 38.5 Å². The number of rotatable bonds is 6. The van der Waals surface area contributed by atoms with Gasteiger partial charge < -0.3 is 0 Å². The molecule has 1 aliphatic rings. The number of anilines is 1. The van der Waals surface area contributed by atoms with Gasteiger partial charge in [0.15, 0.2) is 0 Å². The molecule has 1 fully saturated rings. The summed E-state index contributed by atoms with van der Waals surface area (Å²) in [6.07, 6.45) is 6.21. The summed E-state index contributed by atoms with van der Waals surface area (Å²) in [5.74, 6) is -0.483. The number of sulfonamides is 1. The van der Waals surface area contributed by atoms with E-state index in [1.54, 1.807) is 30.3 Å². The molecule has 0 saturated heterocycles. The van der Waals surface area contributed by atoms with E-state index in [-0.39, 0.29) is 11.4 Å². The Bertz CT molecular complexity index is 950. The molecule has 6 nitrogen and oxygen atoms in total. The van der Waals surface area contributed by atoms with Crippen LogP contribution in [0.4, 0.5) is 5.69 Å². The van der Waals surface area contributed by atoms with E-state index >= 15 is 0 Å². The van der Waals surface area contributed by atoms with E-state index in [0.29, 0.717) is 10.7 Å². The van der Waals surface area contributed by atoms with Gasteiger partial charge in [0.2, 0.25) is 0 Å². The molecule has 1 N–H and O–H groups in total. The van der Waals surface area contributed by atoms with Gasteiger partial charge in [-0.05, 0) is 62.1 Å². The van der Waals surface area contributed by atoms with Crippen LogP contribution in [-0.4, -0.2) is 26.6 Å². The van der Waals surface area contributed by atoms with Crippen LogP contribution >= 0.6 is 11.6 Å². The van der Waals surface area contributed by atoms with Gasteiger partial charge in [0.1, 0.15) is 6.54 Å². The summed E-state index contributed by atoms with van der Waals surface area (Å²) in [5, 5.41) is 4.67. The molecule has 1 saturated carbocycles. The van der Waals surface area contributed by atoms with Gasteiger partial charge in [0.25, 0.3) is 15.9 Å². The largest absolute Gasteiger partial charge is 0.271 e. The molecule has 0 radical (unpaired) electrons. The summed E-state index contributed by atoms with van der Waals surface area (Å²) >= 11 is 5.88. The third kappa shape index (κ3) is 5.81. The van der Waals surface area contributed by atoms with Crippen molar-refractivity contribution in [2.45, 2.75) is 43.4 Å². The highest BCUT2D eigenvalue weighted by Gasteiger charge is 2.27. The Kier molecular flexibility index (Phi) is 7.28. The van der Waals surface area contributed by atoms with E-state index in [1.807, 2.05) is 0 Å². The molecule has 2 aromatic rings. The number of carbonyl (C=O) groups is 1. The maximum absolute atomic E-state index is 13.2. The Balaban J connectivity index is 1.81. The van der Waals surface area contributed by atoms with E-state index in [4.69, 9.17) is 11.6 Å². The molecule has 0 spiro atoms. The van der Waals surface area contributed by atoms with Crippen LogP contribution in [0.2, 0.25) is 5.02 Å². The van der Waals surface area contributed by atoms with Crippen molar-refractivity contribution >= 4 is 38.9 Å². The van der Waals surface area contributed by atoms with Crippen molar-refractivity contribution in [2.24, 2.45) is 5.10 Å². The van der Waals surface area contributed by atoms with E-state index in [2.05, 4.69) is 10.5 Å². The number of amides is 1. The molecule has 3 rings (SSSR count). The number of halogens is 1. The van der Waals surface area contributed by atoms with Gasteiger partial charge in [0, 0.05) is 10.7 Å². The van der Waals surface area contributed by atoms with Gasteiger partial charge in [0.05, 0.1) is 10.6 Å². The Morgan fingerprint density at radius 3 is 2.21 bits per heavy atom. The first kappa shape index (κ1) is 21.3. The Morgan fingerprint density at radius 2 is 1.59 bits per heavy atom. The number of benzene rings is 2. The van der Waals surface area contributed by atoms with Crippen LogP contribution in [0.15, 0.2) is 64.6 Å². The van der Waals surface area contributed by atoms with Crippen molar-refractivity contribution < 1.29 is 13.2 Å². The van der Waals surface area contributed by atoms with Crippen LogP contribution in [0.3, 0.4) is 0 Å². The summed E-state index contributed by atoms with van der Waals surface area (Å²) in [5.41, 5.74) is 3.90. The highest BCUT2D eigenvalue weighted by molar-refractivity contribution is 7.92. The molecule has 0 unspecified atom stereocenters. The van der Waals surface area contributed by atoms with Crippen LogP contribution in [0, 0.1) is 0 Å². The molecule has 2 aromatic carbocycles. The lowest BCUT2D eigenvalue weighted by Crippen LogP contribution is -2.39. The quantitative estimate of drug-likeness (QED) is 0.543. The molecule has 8 heteroatoms. The predicted octanol–water partition coefficient (Wildman–Crippen LogP) is 4.36. The fourth-order valence-electron chi connectivity index (χ4n) is 3.20. The predicted molar refractivity (Wildman–Crippen MR) is 116 cm³/mol. The Labute approximate surface area is 176 Å². The second kappa shape index (κ2) is 9.89. The molecule has 0 aliphatic heterocycles. The molecule has 0 heterocycles. The second-order valence-electron chi connectivity index (χ2n) is 6.93. The van der Waals surface area contributed by atoms with Crippen molar-refractivity contribution in [3.8, 4) is 0 Å². The first-order valence-corrected chi connectivity index (χ1v) is 11.5. The summed E-state index contributed by atoms with van der Waals surface area (Å²) in [6.45, 7) is -0.369. The summed E-state index contributed by atoms with van der Waals surface area (Å²) in [7, 11) is -3.95. The third-order valence-corrected chi connectivity index (χ3v) is 6.79. The molecular weight excluding hydrogens is 410 g/mol. The van der Waals surface area contributed by atoms with Crippen molar-refractivity contribution in [3.63, 3.8) is 0 Å². The number of nitrogens with one attached hydrogen (secondary N) is 1. The minimum absolute atomic E-state index is 0.0636. The van der Waals surface area contributed by atoms with Crippen LogP contribution in [0.5, 0.6) is 0 Å². The van der Waals surface area contributed by atoms with Crippen molar-refractivity contribution in [3.05, 3.63) is 59.6 Å². The lowest BCUT2D eigenvalue weighted by molar-refractivity contribution is -0.119. The lowest BCUT2D eigenvalue weighted by atomic mass is 10.2. The molecule has 0 aromatic heterocycles. The fraction of sp³-hybridized carbons (Fsp3) is 0.333. The van der Waals surface area contributed by atoms with Gasteiger partial charge in [-0.1, -0.05) is 42.6 Å². The van der Waals surface area contributed by atoms with E-state index < -0.39 is 15.9 Å². The summed E-state index contributed by atoms with van der Waals surface area (Å²) < 4.78 is 27.5. The van der Waals surface area contributed by atoms with Crippen molar-refractivity contribution in [1.29, 1.82) is 0 Å². The Morgan fingerprint density at radius 1 is 0.966 bits per heavy atom. The zero-order valence-corrected chi connectivity index (χ0v) is 17.6. The van der Waals surface area contributed by atoms with Gasteiger partial charge in [-0.2, -0.15) is 5.10 Å². The zero-order valence-electron chi connectivity index (χ0n) is 16.1. The average molecular weight is 434 g/mol. The highest BCUT2D eigenvalue weighted by atomic mass is 35.5. The Hall–Kier alpha value is -2.38. The number of nitrogens with zero attached hydrogens (tertiary/aromatic N) is 2. The second-order valence-corrected chi connectivity index (χ2v) is 9.23. The molecule has 1 amide bonds. The molecule has 0 atom stereocenters. The zero-order chi connectivity index (χ0) is 20.7. The maximum Gasteiger partial charge on any atom is 0.264 e. The van der Waals surface area contributed by atoms with Gasteiger partial charge in [-0.15, -0.1) is 0 Å². The number of hydrazone groups is 1. The average Bonchev–Trinajstić information content (AvgIpc) is 3.00. The van der Waals surface area contributed by atoms with Crippen LogP contribution in [-0.2, 0) is 14.8 Å². The topological polar surface area (TPSA) is 78.8 Å². The number of para-hydroxylation sites is 1. The van der Waals surface area contributed by atoms with Crippen LogP contribution < -0.4 is 9.73 Å². The highest BCUT2D eigenvalue weighted by Crippen LogP contribution is 2.24. The maximum atomic E-state index is 13.2. The van der Waals surface area contributed by atoms with Crippen molar-refractivity contribution in [2.75, 3.05) is 10.8 Å². The fourth-order valence-corrected chi connectivity index (χ4v) is 4.75. The van der Waals surface area contributed by atoms with Gasteiger partial charge >= 0.3 is 0 Å². The standard InChI is InChI=1S/C21H24ClN3O3S/c22-17-12-14-20(15-13-17)29(27,28)25(19-10-6-3-7-11-19)16-21(26)24-23-18-8-4-1-2-5-9-18/h3,6-7,10-15H,1-2,4-5,8-9,16H2,(H,24,26). The minimum Gasteiger partial charge on any atom is -0.271 e.